The zero-order chi connectivity index (χ0) is 17.4. The summed E-state index contributed by atoms with van der Waals surface area (Å²) in [6.07, 6.45) is 1.71. The third-order valence-corrected chi connectivity index (χ3v) is 3.77. The molecule has 1 aromatic carbocycles. The smallest absolute Gasteiger partial charge is 0.161 e. The van der Waals surface area contributed by atoms with Crippen LogP contribution in [0.25, 0.3) is 0 Å². The Morgan fingerprint density at radius 3 is 2.46 bits per heavy atom. The molecule has 0 amide bonds. The Bertz CT molecular complexity index is 597. The van der Waals surface area contributed by atoms with E-state index in [4.69, 9.17) is 13.9 Å². The molecule has 5 nitrogen and oxygen atoms in total. The molecule has 1 heterocycles. The predicted octanol–water partition coefficient (Wildman–Crippen LogP) is 3.47. The van der Waals surface area contributed by atoms with Crippen LogP contribution in [0.3, 0.4) is 0 Å². The summed E-state index contributed by atoms with van der Waals surface area (Å²) in [6.45, 7) is 6.77. The Morgan fingerprint density at radius 2 is 1.83 bits per heavy atom. The van der Waals surface area contributed by atoms with E-state index in [-0.39, 0.29) is 6.04 Å². The van der Waals surface area contributed by atoms with Gasteiger partial charge in [0.15, 0.2) is 11.5 Å². The molecular weight excluding hydrogens is 304 g/mol. The Hall–Kier alpha value is -1.98. The van der Waals surface area contributed by atoms with E-state index in [2.05, 4.69) is 30.4 Å². The van der Waals surface area contributed by atoms with Gasteiger partial charge in [-0.15, -0.1) is 0 Å². The summed E-state index contributed by atoms with van der Waals surface area (Å²) in [6, 6.07) is 10.2. The van der Waals surface area contributed by atoms with Gasteiger partial charge in [-0.2, -0.15) is 0 Å². The van der Waals surface area contributed by atoms with Gasteiger partial charge >= 0.3 is 0 Å². The Morgan fingerprint density at radius 1 is 1.08 bits per heavy atom. The van der Waals surface area contributed by atoms with E-state index in [1.54, 1.807) is 6.26 Å². The molecule has 0 bridgehead atoms. The van der Waals surface area contributed by atoms with Gasteiger partial charge in [-0.1, -0.05) is 6.07 Å². The summed E-state index contributed by atoms with van der Waals surface area (Å²) in [5.74, 6) is 2.56. The molecule has 0 fully saturated rings. The third-order valence-electron chi connectivity index (χ3n) is 3.77. The standard InChI is InChI=1S/C19H28N2O3/c1-5-22-18-10-9-15(12-19(18)23-6-2)13-20-14-16(21(3)4)17-8-7-11-24-17/h7-12,16,20H,5-6,13-14H2,1-4H3. The molecule has 1 N–H and O–H groups in total. The average molecular weight is 332 g/mol. The number of nitrogens with zero attached hydrogens (tertiary/aromatic N) is 1. The lowest BCUT2D eigenvalue weighted by Crippen LogP contribution is -2.30. The molecule has 24 heavy (non-hydrogen) atoms. The molecule has 5 heteroatoms. The van der Waals surface area contributed by atoms with Crippen LogP contribution in [0.5, 0.6) is 11.5 Å². The highest BCUT2D eigenvalue weighted by atomic mass is 16.5. The molecule has 1 aromatic heterocycles. The molecule has 0 aliphatic carbocycles. The highest BCUT2D eigenvalue weighted by Crippen LogP contribution is 2.28. The van der Waals surface area contributed by atoms with Crippen molar-refractivity contribution in [1.29, 1.82) is 0 Å². The van der Waals surface area contributed by atoms with Crippen LogP contribution in [-0.2, 0) is 6.54 Å². The van der Waals surface area contributed by atoms with Gasteiger partial charge in [0.1, 0.15) is 5.76 Å². The summed E-state index contributed by atoms with van der Waals surface area (Å²) in [5, 5.41) is 3.49. The molecule has 0 saturated carbocycles. The number of furan rings is 1. The van der Waals surface area contributed by atoms with Crippen LogP contribution in [0, 0.1) is 0 Å². The molecule has 2 rings (SSSR count). The average Bonchev–Trinajstić information content (AvgIpc) is 3.08. The van der Waals surface area contributed by atoms with Crippen LogP contribution in [0.15, 0.2) is 41.0 Å². The van der Waals surface area contributed by atoms with Crippen molar-refractivity contribution in [2.75, 3.05) is 33.9 Å². The predicted molar refractivity (Wildman–Crippen MR) is 95.6 cm³/mol. The second-order valence-corrected chi connectivity index (χ2v) is 5.77. The minimum Gasteiger partial charge on any atom is -0.490 e. The van der Waals surface area contributed by atoms with Gasteiger partial charge in [0, 0.05) is 13.1 Å². The van der Waals surface area contributed by atoms with Crippen molar-refractivity contribution in [2.24, 2.45) is 0 Å². The molecular formula is C19H28N2O3. The van der Waals surface area contributed by atoms with Gasteiger partial charge < -0.3 is 19.2 Å². The molecule has 0 saturated heterocycles. The minimum atomic E-state index is 0.203. The van der Waals surface area contributed by atoms with E-state index >= 15 is 0 Å². The summed E-state index contributed by atoms with van der Waals surface area (Å²) < 4.78 is 16.8. The van der Waals surface area contributed by atoms with Crippen LogP contribution < -0.4 is 14.8 Å². The van der Waals surface area contributed by atoms with Gasteiger partial charge in [-0.3, -0.25) is 4.90 Å². The lowest BCUT2D eigenvalue weighted by Gasteiger charge is -2.22. The number of hydrogen-bond acceptors (Lipinski definition) is 5. The van der Waals surface area contributed by atoms with E-state index in [9.17, 15) is 0 Å². The van der Waals surface area contributed by atoms with E-state index in [0.717, 1.165) is 30.3 Å². The van der Waals surface area contributed by atoms with Gasteiger partial charge in [0.25, 0.3) is 0 Å². The van der Waals surface area contributed by atoms with E-state index in [0.29, 0.717) is 13.2 Å². The molecule has 0 aliphatic heterocycles. The Labute approximate surface area is 144 Å². The monoisotopic (exact) mass is 332 g/mol. The summed E-state index contributed by atoms with van der Waals surface area (Å²) >= 11 is 0. The topological polar surface area (TPSA) is 46.9 Å². The van der Waals surface area contributed by atoms with Crippen LogP contribution in [0.4, 0.5) is 0 Å². The van der Waals surface area contributed by atoms with E-state index in [1.807, 2.05) is 38.1 Å². The molecule has 0 aliphatic rings. The first-order chi connectivity index (χ1) is 11.7. The largest absolute Gasteiger partial charge is 0.490 e. The summed E-state index contributed by atoms with van der Waals surface area (Å²) in [5.41, 5.74) is 1.17. The van der Waals surface area contributed by atoms with Crippen molar-refractivity contribution in [2.45, 2.75) is 26.4 Å². The van der Waals surface area contributed by atoms with Crippen molar-refractivity contribution in [1.82, 2.24) is 10.2 Å². The van der Waals surface area contributed by atoms with Crippen molar-refractivity contribution >= 4 is 0 Å². The first-order valence-corrected chi connectivity index (χ1v) is 8.44. The maximum atomic E-state index is 5.68. The molecule has 0 spiro atoms. The lowest BCUT2D eigenvalue weighted by atomic mass is 10.1. The maximum absolute atomic E-state index is 5.68. The van der Waals surface area contributed by atoms with E-state index < -0.39 is 0 Å². The fourth-order valence-electron chi connectivity index (χ4n) is 2.58. The first-order valence-electron chi connectivity index (χ1n) is 8.44. The van der Waals surface area contributed by atoms with Crippen LogP contribution in [0.2, 0.25) is 0 Å². The van der Waals surface area contributed by atoms with Crippen molar-refractivity contribution in [3.63, 3.8) is 0 Å². The minimum absolute atomic E-state index is 0.203. The SMILES string of the molecule is CCOc1ccc(CNCC(c2ccco2)N(C)C)cc1OCC. The number of nitrogens with one attached hydrogen (secondary N) is 1. The van der Waals surface area contributed by atoms with Crippen LogP contribution in [-0.4, -0.2) is 38.8 Å². The molecule has 132 valence electrons. The fraction of sp³-hybridized carbons (Fsp3) is 0.474. The quantitative estimate of drug-likeness (QED) is 0.722. The summed E-state index contributed by atoms with van der Waals surface area (Å²) in [4.78, 5) is 2.15. The number of benzene rings is 1. The van der Waals surface area contributed by atoms with Crippen LogP contribution in [0.1, 0.15) is 31.2 Å². The van der Waals surface area contributed by atoms with Crippen molar-refractivity contribution in [3.8, 4) is 11.5 Å². The maximum Gasteiger partial charge on any atom is 0.161 e. The lowest BCUT2D eigenvalue weighted by molar-refractivity contribution is 0.250. The Balaban J connectivity index is 1.97. The summed E-state index contributed by atoms with van der Waals surface area (Å²) in [7, 11) is 4.11. The molecule has 1 atom stereocenters. The Kier molecular flexibility index (Phi) is 7.15. The van der Waals surface area contributed by atoms with E-state index in [1.165, 1.54) is 5.56 Å². The second kappa shape index (κ2) is 9.35. The van der Waals surface area contributed by atoms with Crippen LogP contribution >= 0.6 is 0 Å². The first kappa shape index (κ1) is 18.4. The van der Waals surface area contributed by atoms with Gasteiger partial charge in [-0.25, -0.2) is 0 Å². The zero-order valence-corrected chi connectivity index (χ0v) is 15.0. The van der Waals surface area contributed by atoms with Gasteiger partial charge in [-0.05, 0) is 57.8 Å². The normalized spacial score (nSPS) is 12.4. The van der Waals surface area contributed by atoms with Crippen molar-refractivity contribution < 1.29 is 13.9 Å². The highest BCUT2D eigenvalue weighted by Gasteiger charge is 2.16. The van der Waals surface area contributed by atoms with Crippen molar-refractivity contribution in [3.05, 3.63) is 47.9 Å². The number of hydrogen-bond donors (Lipinski definition) is 1. The highest BCUT2D eigenvalue weighted by molar-refractivity contribution is 5.43. The number of rotatable bonds is 10. The van der Waals surface area contributed by atoms with Gasteiger partial charge in [0.05, 0.1) is 25.5 Å². The fourth-order valence-corrected chi connectivity index (χ4v) is 2.58. The molecule has 0 radical (unpaired) electrons. The number of likely N-dealkylation sites (N-methyl/N-ethyl adjacent to an activating group) is 1. The molecule has 1 unspecified atom stereocenters. The second-order valence-electron chi connectivity index (χ2n) is 5.77. The van der Waals surface area contributed by atoms with Gasteiger partial charge in [0.2, 0.25) is 0 Å². The third kappa shape index (κ3) is 5.01. The number of ether oxygens (including phenoxy) is 2. The molecule has 2 aromatic rings. The zero-order valence-electron chi connectivity index (χ0n) is 15.0.